The van der Waals surface area contributed by atoms with Crippen LogP contribution >= 0.6 is 27.5 Å². The third kappa shape index (κ3) is 7.49. The van der Waals surface area contributed by atoms with Crippen molar-refractivity contribution in [2.45, 2.75) is 13.0 Å². The van der Waals surface area contributed by atoms with E-state index >= 15 is 0 Å². The first-order valence-corrected chi connectivity index (χ1v) is 11.3. The zero-order chi connectivity index (χ0) is 25.4. The lowest BCUT2D eigenvalue weighted by Crippen LogP contribution is -2.18. The van der Waals surface area contributed by atoms with Gasteiger partial charge in [0.25, 0.3) is 18.2 Å². The summed E-state index contributed by atoms with van der Waals surface area (Å²) in [6.45, 7) is -0.695. The maximum Gasteiger partial charge on any atom is 0.272 e. The molecule has 0 unspecified atom stereocenters. The monoisotopic (exact) mass is 565 g/mol. The third-order valence-corrected chi connectivity index (χ3v) is 5.47. The summed E-state index contributed by atoms with van der Waals surface area (Å²) in [6, 6.07) is 15.5. The highest BCUT2D eigenvalue weighted by atomic mass is 79.9. The second kappa shape index (κ2) is 12.3. The van der Waals surface area contributed by atoms with Crippen LogP contribution in [0.5, 0.6) is 5.75 Å². The van der Waals surface area contributed by atoms with Gasteiger partial charge in [-0.1, -0.05) is 33.6 Å². The Morgan fingerprint density at radius 2 is 1.60 bits per heavy atom. The van der Waals surface area contributed by atoms with Gasteiger partial charge in [0.05, 0.1) is 16.1 Å². The highest BCUT2D eigenvalue weighted by Gasteiger charge is 2.18. The molecule has 3 rings (SSSR count). The highest BCUT2D eigenvalue weighted by Crippen LogP contribution is 2.26. The van der Waals surface area contributed by atoms with Gasteiger partial charge in [-0.25, -0.2) is 8.78 Å². The molecule has 0 aliphatic heterocycles. The van der Waals surface area contributed by atoms with E-state index in [1.54, 1.807) is 30.3 Å². The largest absolute Gasteiger partial charge is 0.487 e. The van der Waals surface area contributed by atoms with Crippen LogP contribution in [-0.2, 0) is 11.3 Å². The number of rotatable bonds is 10. The summed E-state index contributed by atoms with van der Waals surface area (Å²) in [7, 11) is 0. The molecule has 0 spiro atoms. The molecule has 7 nitrogen and oxygen atoms in total. The fraction of sp³-hybridized carbons (Fsp3) is 0.125. The van der Waals surface area contributed by atoms with Crippen LogP contribution in [0.2, 0.25) is 5.02 Å². The zero-order valence-corrected chi connectivity index (χ0v) is 20.3. The SMILES string of the molecule is O=CNCc1ccc(Cl)c(C(=O)Nc2ccc(OCC(F)F)c(C(=O)Nc3ccc(Br)cc3)c2)c1. The number of amides is 3. The molecule has 3 amide bonds. The predicted molar refractivity (Wildman–Crippen MR) is 132 cm³/mol. The Morgan fingerprint density at radius 1 is 0.943 bits per heavy atom. The molecule has 3 N–H and O–H groups in total. The summed E-state index contributed by atoms with van der Waals surface area (Å²) >= 11 is 9.46. The minimum Gasteiger partial charge on any atom is -0.487 e. The summed E-state index contributed by atoms with van der Waals surface area (Å²) in [5.41, 5.74) is 1.43. The Labute approximate surface area is 212 Å². The minimum atomic E-state index is -2.74. The van der Waals surface area contributed by atoms with Crippen molar-refractivity contribution in [3.05, 3.63) is 86.8 Å². The molecule has 0 aromatic heterocycles. The molecule has 0 radical (unpaired) electrons. The molecule has 3 aromatic rings. The fourth-order valence-electron chi connectivity index (χ4n) is 3.01. The molecular formula is C24H19BrClF2N3O4. The number of halogens is 4. The molecule has 0 atom stereocenters. The molecule has 0 fully saturated rings. The first-order chi connectivity index (χ1) is 16.8. The van der Waals surface area contributed by atoms with E-state index < -0.39 is 24.8 Å². The van der Waals surface area contributed by atoms with Crippen LogP contribution in [0.15, 0.2) is 65.1 Å². The third-order valence-electron chi connectivity index (χ3n) is 4.61. The van der Waals surface area contributed by atoms with Crippen molar-refractivity contribution in [2.24, 2.45) is 0 Å². The van der Waals surface area contributed by atoms with Gasteiger partial charge in [0.1, 0.15) is 12.4 Å². The number of carbonyl (C=O) groups excluding carboxylic acids is 3. The normalized spacial score (nSPS) is 10.5. The van der Waals surface area contributed by atoms with Crippen LogP contribution < -0.4 is 20.7 Å². The number of nitrogens with one attached hydrogen (secondary N) is 3. The number of carbonyl (C=O) groups is 3. The predicted octanol–water partition coefficient (Wildman–Crippen LogP) is 5.50. The van der Waals surface area contributed by atoms with Crippen molar-refractivity contribution in [2.75, 3.05) is 17.2 Å². The maximum atomic E-state index is 12.9. The molecule has 0 saturated carbocycles. The molecule has 0 heterocycles. The Morgan fingerprint density at radius 3 is 2.29 bits per heavy atom. The Kier molecular flexibility index (Phi) is 9.16. The molecule has 35 heavy (non-hydrogen) atoms. The summed E-state index contributed by atoms with van der Waals surface area (Å²) in [6.07, 6.45) is -2.20. The zero-order valence-electron chi connectivity index (χ0n) is 18.0. The van der Waals surface area contributed by atoms with Gasteiger partial charge in [-0.05, 0) is 60.2 Å². The van der Waals surface area contributed by atoms with Crippen LogP contribution in [0.3, 0.4) is 0 Å². The van der Waals surface area contributed by atoms with Crippen molar-refractivity contribution in [3.8, 4) is 5.75 Å². The van der Waals surface area contributed by atoms with Gasteiger partial charge >= 0.3 is 0 Å². The average Bonchev–Trinajstić information content (AvgIpc) is 2.83. The molecule has 0 bridgehead atoms. The van der Waals surface area contributed by atoms with Crippen LogP contribution in [0.25, 0.3) is 0 Å². The standard InChI is InChI=1S/C24H19BrClF2N3O4/c25-15-2-4-16(5-3-15)30-24(34)19-10-17(6-8-21(19)35-12-22(27)28)31-23(33)18-9-14(11-29-13-32)1-7-20(18)26/h1-10,13,22H,11-12H2,(H,29,32)(H,30,34)(H,31,33). The second-order valence-electron chi connectivity index (χ2n) is 7.14. The summed E-state index contributed by atoms with van der Waals surface area (Å²) < 4.78 is 31.3. The number of alkyl halides is 2. The van der Waals surface area contributed by atoms with Gasteiger partial charge in [-0.15, -0.1) is 0 Å². The summed E-state index contributed by atoms with van der Waals surface area (Å²) in [5.74, 6) is -1.26. The highest BCUT2D eigenvalue weighted by molar-refractivity contribution is 9.10. The van der Waals surface area contributed by atoms with E-state index in [9.17, 15) is 23.2 Å². The second-order valence-corrected chi connectivity index (χ2v) is 8.46. The van der Waals surface area contributed by atoms with Crippen LogP contribution in [0, 0.1) is 0 Å². The van der Waals surface area contributed by atoms with E-state index in [2.05, 4.69) is 31.9 Å². The average molecular weight is 567 g/mol. The number of anilines is 2. The van der Waals surface area contributed by atoms with E-state index in [0.29, 0.717) is 17.7 Å². The topological polar surface area (TPSA) is 96.5 Å². The molecule has 0 aliphatic carbocycles. The first kappa shape index (κ1) is 26.1. The lowest BCUT2D eigenvalue weighted by molar-refractivity contribution is -0.109. The molecule has 11 heteroatoms. The van der Waals surface area contributed by atoms with Crippen molar-refractivity contribution in [1.29, 1.82) is 0 Å². The van der Waals surface area contributed by atoms with Crippen LogP contribution in [-0.4, -0.2) is 31.3 Å². The Hall–Kier alpha value is -3.50. The fourth-order valence-corrected chi connectivity index (χ4v) is 3.48. The number of hydrogen-bond acceptors (Lipinski definition) is 4. The quantitative estimate of drug-likeness (QED) is 0.283. The van der Waals surface area contributed by atoms with Crippen LogP contribution in [0.4, 0.5) is 20.2 Å². The van der Waals surface area contributed by atoms with E-state index in [1.807, 2.05) is 0 Å². The van der Waals surface area contributed by atoms with Gasteiger partial charge in [0, 0.05) is 22.4 Å². The van der Waals surface area contributed by atoms with Gasteiger partial charge in [0.2, 0.25) is 6.41 Å². The summed E-state index contributed by atoms with van der Waals surface area (Å²) in [5, 5.41) is 7.99. The van der Waals surface area contributed by atoms with E-state index in [1.165, 1.54) is 30.3 Å². The Bertz CT molecular complexity index is 1230. The maximum absolute atomic E-state index is 12.9. The smallest absolute Gasteiger partial charge is 0.272 e. The van der Waals surface area contributed by atoms with Gasteiger partial charge in [0.15, 0.2) is 0 Å². The first-order valence-electron chi connectivity index (χ1n) is 10.2. The molecular weight excluding hydrogens is 548 g/mol. The van der Waals surface area contributed by atoms with E-state index in [0.717, 1.165) is 4.47 Å². The van der Waals surface area contributed by atoms with Crippen LogP contribution in [0.1, 0.15) is 26.3 Å². The molecule has 182 valence electrons. The molecule has 0 aliphatic rings. The lowest BCUT2D eigenvalue weighted by atomic mass is 10.1. The lowest BCUT2D eigenvalue weighted by Gasteiger charge is -2.14. The van der Waals surface area contributed by atoms with Gasteiger partial charge in [-0.3, -0.25) is 14.4 Å². The number of ether oxygens (including phenoxy) is 1. The van der Waals surface area contributed by atoms with E-state index in [4.69, 9.17) is 16.3 Å². The van der Waals surface area contributed by atoms with Gasteiger partial charge in [-0.2, -0.15) is 0 Å². The summed E-state index contributed by atoms with van der Waals surface area (Å²) in [4.78, 5) is 36.3. The van der Waals surface area contributed by atoms with Crippen molar-refractivity contribution >= 4 is 57.1 Å². The number of benzene rings is 3. The minimum absolute atomic E-state index is 0.0543. The number of hydrogen-bond donors (Lipinski definition) is 3. The van der Waals surface area contributed by atoms with Crippen molar-refractivity contribution in [1.82, 2.24) is 5.32 Å². The van der Waals surface area contributed by atoms with Crippen molar-refractivity contribution in [3.63, 3.8) is 0 Å². The van der Waals surface area contributed by atoms with E-state index in [-0.39, 0.29) is 34.1 Å². The van der Waals surface area contributed by atoms with Crippen molar-refractivity contribution < 1.29 is 27.9 Å². The van der Waals surface area contributed by atoms with Gasteiger partial charge < -0.3 is 20.7 Å². The molecule has 3 aromatic carbocycles. The Balaban J connectivity index is 1.86. The molecule has 0 saturated heterocycles.